The highest BCUT2D eigenvalue weighted by molar-refractivity contribution is 6.31. The lowest BCUT2D eigenvalue weighted by molar-refractivity contribution is 0.751. The Labute approximate surface area is 172 Å². The molecule has 0 aliphatic carbocycles. The molecule has 1 aromatic heterocycles. The molecular weight excluding hydrogens is 393 g/mol. The summed E-state index contributed by atoms with van der Waals surface area (Å²) >= 11 is 6.21. The minimum absolute atomic E-state index is 0. The van der Waals surface area contributed by atoms with Crippen LogP contribution in [-0.4, -0.2) is 29.1 Å². The molecule has 1 aliphatic heterocycles. The summed E-state index contributed by atoms with van der Waals surface area (Å²) in [7, 11) is 0. The molecule has 3 rings (SSSR count). The zero-order valence-corrected chi connectivity index (χ0v) is 17.4. The van der Waals surface area contributed by atoms with Crippen molar-refractivity contribution in [1.82, 2.24) is 9.97 Å². The van der Waals surface area contributed by atoms with E-state index < -0.39 is 0 Å². The number of rotatable bonds is 5. The van der Waals surface area contributed by atoms with Crippen molar-refractivity contribution in [2.24, 2.45) is 5.73 Å². The second kappa shape index (κ2) is 10.2. The van der Waals surface area contributed by atoms with Crippen molar-refractivity contribution < 1.29 is 0 Å². The number of benzene rings is 1. The van der Waals surface area contributed by atoms with Gasteiger partial charge >= 0.3 is 0 Å². The molecule has 1 fully saturated rings. The van der Waals surface area contributed by atoms with Gasteiger partial charge in [0, 0.05) is 41.6 Å². The topological polar surface area (TPSA) is 67.1 Å². The lowest BCUT2D eigenvalue weighted by Crippen LogP contribution is -2.27. The van der Waals surface area contributed by atoms with Crippen LogP contribution < -0.4 is 16.0 Å². The first-order chi connectivity index (χ1) is 11.5. The summed E-state index contributed by atoms with van der Waals surface area (Å²) in [6.45, 7) is 5.93. The van der Waals surface area contributed by atoms with E-state index in [4.69, 9.17) is 17.3 Å². The molecule has 144 valence electrons. The summed E-state index contributed by atoms with van der Waals surface area (Å²) < 4.78 is 0. The van der Waals surface area contributed by atoms with Gasteiger partial charge in [-0.15, -0.1) is 24.8 Å². The number of nitrogens with one attached hydrogen (secondary N) is 1. The third-order valence-corrected chi connectivity index (χ3v) is 4.66. The predicted molar refractivity (Wildman–Crippen MR) is 115 cm³/mol. The zero-order chi connectivity index (χ0) is 17.1. The van der Waals surface area contributed by atoms with Crippen LogP contribution in [0.1, 0.15) is 31.0 Å². The van der Waals surface area contributed by atoms with E-state index in [1.807, 2.05) is 25.1 Å². The number of hydrogen-bond donors (Lipinski definition) is 2. The highest BCUT2D eigenvalue weighted by Gasteiger charge is 2.21. The molecule has 0 amide bonds. The van der Waals surface area contributed by atoms with Gasteiger partial charge in [-0.1, -0.05) is 31.0 Å². The standard InChI is InChI=1S/C18H24ClN5.2ClH/c1-3-4-14-10-17(24-8-7-13(20)11-24)23-18(21-14)22-15-6-5-12(2)16(19)9-15;;/h5-6,9-10,13H,3-4,7-8,11,20H2,1-2H3,(H,21,22,23);2*1H/t13-;;/m0../s1. The lowest BCUT2D eigenvalue weighted by atomic mass is 10.2. The highest BCUT2D eigenvalue weighted by atomic mass is 35.5. The van der Waals surface area contributed by atoms with Gasteiger partial charge < -0.3 is 16.0 Å². The highest BCUT2D eigenvalue weighted by Crippen LogP contribution is 2.25. The zero-order valence-electron chi connectivity index (χ0n) is 15.0. The van der Waals surface area contributed by atoms with Gasteiger partial charge in [-0.05, 0) is 37.5 Å². The quantitative estimate of drug-likeness (QED) is 0.747. The van der Waals surface area contributed by atoms with E-state index in [1.54, 1.807) is 0 Å². The first-order valence-corrected chi connectivity index (χ1v) is 8.84. The number of aryl methyl sites for hydroxylation is 2. The molecule has 3 N–H and O–H groups in total. The van der Waals surface area contributed by atoms with Gasteiger partial charge in [0.2, 0.25) is 5.95 Å². The number of halogens is 3. The van der Waals surface area contributed by atoms with Gasteiger partial charge in [-0.25, -0.2) is 4.98 Å². The van der Waals surface area contributed by atoms with Crippen molar-refractivity contribution in [3.63, 3.8) is 0 Å². The monoisotopic (exact) mass is 417 g/mol. The molecule has 0 saturated carbocycles. The van der Waals surface area contributed by atoms with Crippen LogP contribution in [0.2, 0.25) is 5.02 Å². The molecule has 1 atom stereocenters. The Balaban J connectivity index is 0.00000169. The maximum absolute atomic E-state index is 6.21. The van der Waals surface area contributed by atoms with Crippen LogP contribution in [-0.2, 0) is 6.42 Å². The maximum Gasteiger partial charge on any atom is 0.229 e. The van der Waals surface area contributed by atoms with E-state index in [2.05, 4.69) is 33.2 Å². The Bertz CT molecular complexity index is 726. The van der Waals surface area contributed by atoms with Crippen LogP contribution in [0.25, 0.3) is 0 Å². The van der Waals surface area contributed by atoms with Crippen LogP contribution in [0.5, 0.6) is 0 Å². The molecule has 0 bridgehead atoms. The van der Waals surface area contributed by atoms with Crippen LogP contribution in [0, 0.1) is 6.92 Å². The van der Waals surface area contributed by atoms with E-state index in [0.29, 0.717) is 5.95 Å². The third kappa shape index (κ3) is 5.61. The molecule has 26 heavy (non-hydrogen) atoms. The Kier molecular flexibility index (Phi) is 8.90. The smallest absolute Gasteiger partial charge is 0.229 e. The van der Waals surface area contributed by atoms with E-state index in [9.17, 15) is 0 Å². The molecule has 1 saturated heterocycles. The van der Waals surface area contributed by atoms with Gasteiger partial charge in [0.05, 0.1) is 0 Å². The molecular formula is C18H26Cl3N5. The Morgan fingerprint density at radius 3 is 2.65 bits per heavy atom. The molecule has 0 radical (unpaired) electrons. The van der Waals surface area contributed by atoms with Crippen molar-refractivity contribution in [2.45, 2.75) is 39.2 Å². The number of nitrogens with two attached hydrogens (primary N) is 1. The first-order valence-electron chi connectivity index (χ1n) is 8.47. The molecule has 2 aromatic rings. The number of anilines is 3. The van der Waals surface area contributed by atoms with Gasteiger partial charge in [-0.3, -0.25) is 0 Å². The number of aromatic nitrogens is 2. The summed E-state index contributed by atoms with van der Waals surface area (Å²) in [5.41, 5.74) is 9.02. The fourth-order valence-electron chi connectivity index (χ4n) is 2.88. The molecule has 5 nitrogen and oxygen atoms in total. The van der Waals surface area contributed by atoms with E-state index in [0.717, 1.165) is 60.1 Å². The van der Waals surface area contributed by atoms with Crippen molar-refractivity contribution in [3.8, 4) is 0 Å². The summed E-state index contributed by atoms with van der Waals surface area (Å²) in [5, 5.41) is 4.01. The van der Waals surface area contributed by atoms with Crippen molar-refractivity contribution in [2.75, 3.05) is 23.3 Å². The largest absolute Gasteiger partial charge is 0.355 e. The molecule has 0 spiro atoms. The van der Waals surface area contributed by atoms with E-state index in [-0.39, 0.29) is 30.9 Å². The van der Waals surface area contributed by atoms with Gasteiger partial charge in [-0.2, -0.15) is 4.98 Å². The van der Waals surface area contributed by atoms with Crippen LogP contribution in [0.15, 0.2) is 24.3 Å². The van der Waals surface area contributed by atoms with E-state index in [1.165, 1.54) is 0 Å². The molecule has 0 unspecified atom stereocenters. The lowest BCUT2D eigenvalue weighted by Gasteiger charge is -2.19. The predicted octanol–water partition coefficient (Wildman–Crippen LogP) is 4.52. The summed E-state index contributed by atoms with van der Waals surface area (Å²) in [5.74, 6) is 1.55. The van der Waals surface area contributed by atoms with Crippen LogP contribution in [0.4, 0.5) is 17.5 Å². The summed E-state index contributed by atoms with van der Waals surface area (Å²) in [4.78, 5) is 11.6. The minimum Gasteiger partial charge on any atom is -0.355 e. The maximum atomic E-state index is 6.21. The van der Waals surface area contributed by atoms with Crippen molar-refractivity contribution >= 4 is 53.9 Å². The number of nitrogens with zero attached hydrogens (tertiary/aromatic N) is 3. The number of hydrogen-bond acceptors (Lipinski definition) is 5. The summed E-state index contributed by atoms with van der Waals surface area (Å²) in [6, 6.07) is 8.18. The molecule has 2 heterocycles. The van der Waals surface area contributed by atoms with Crippen LogP contribution in [0.3, 0.4) is 0 Å². The van der Waals surface area contributed by atoms with Crippen molar-refractivity contribution in [3.05, 3.63) is 40.5 Å². The van der Waals surface area contributed by atoms with E-state index >= 15 is 0 Å². The van der Waals surface area contributed by atoms with Crippen LogP contribution >= 0.6 is 36.4 Å². The Morgan fingerprint density at radius 1 is 1.27 bits per heavy atom. The normalized spacial score (nSPS) is 16.0. The SMILES string of the molecule is CCCc1cc(N2CC[C@H](N)C2)nc(Nc2ccc(C)c(Cl)c2)n1.Cl.Cl. The fourth-order valence-corrected chi connectivity index (χ4v) is 3.06. The Hall–Kier alpha value is -1.27. The fraction of sp³-hybridized carbons (Fsp3) is 0.444. The molecule has 1 aromatic carbocycles. The van der Waals surface area contributed by atoms with Gasteiger partial charge in [0.1, 0.15) is 5.82 Å². The Morgan fingerprint density at radius 2 is 2.04 bits per heavy atom. The third-order valence-electron chi connectivity index (χ3n) is 4.25. The minimum atomic E-state index is 0. The summed E-state index contributed by atoms with van der Waals surface area (Å²) in [6.07, 6.45) is 2.98. The molecule has 1 aliphatic rings. The van der Waals surface area contributed by atoms with Crippen molar-refractivity contribution in [1.29, 1.82) is 0 Å². The second-order valence-electron chi connectivity index (χ2n) is 6.37. The van der Waals surface area contributed by atoms with Gasteiger partial charge in [0.25, 0.3) is 0 Å². The molecule has 8 heteroatoms. The second-order valence-corrected chi connectivity index (χ2v) is 6.78. The van der Waals surface area contributed by atoms with Gasteiger partial charge in [0.15, 0.2) is 0 Å². The first kappa shape index (κ1) is 22.8. The average Bonchev–Trinajstić information content (AvgIpc) is 2.98. The average molecular weight is 419 g/mol.